The Morgan fingerprint density at radius 3 is 2.72 bits per heavy atom. The molecule has 0 spiro atoms. The van der Waals surface area contributed by atoms with Crippen LogP contribution >= 0.6 is 46.3 Å². The number of thioether (sulfide) groups is 1. The molecule has 0 unspecified atom stereocenters. The number of hydrazine groups is 1. The second-order valence-corrected chi connectivity index (χ2v) is 8.31. The summed E-state index contributed by atoms with van der Waals surface area (Å²) in [6.45, 7) is 1.93. The summed E-state index contributed by atoms with van der Waals surface area (Å²) >= 11 is 15.0. The van der Waals surface area contributed by atoms with Gasteiger partial charge in [0.2, 0.25) is 11.0 Å². The summed E-state index contributed by atoms with van der Waals surface area (Å²) in [5.41, 5.74) is 7.35. The Labute approximate surface area is 163 Å². The standard InChI is InChI=1S/C17H15Cl2N3OS2/c1-10-13(19)6-7-14-16(10)20-17(25-14)22-21-15(23)8-9-24-12-4-2-11(18)3-5-12/h2-7H,8-9H2,1H3,(H,20,22)(H,21,23). The molecule has 3 aromatic rings. The number of carbonyl (C=O) groups is 1. The summed E-state index contributed by atoms with van der Waals surface area (Å²) in [5, 5.41) is 2.03. The average molecular weight is 412 g/mol. The summed E-state index contributed by atoms with van der Waals surface area (Å²) in [5.74, 6) is 0.597. The molecule has 2 aromatic carbocycles. The monoisotopic (exact) mass is 411 g/mol. The SMILES string of the molecule is Cc1c(Cl)ccc2sc(NNC(=O)CCSc3ccc(Cl)cc3)nc12. The Morgan fingerprint density at radius 1 is 1.20 bits per heavy atom. The lowest BCUT2D eigenvalue weighted by molar-refractivity contribution is -0.120. The predicted molar refractivity (Wildman–Crippen MR) is 108 cm³/mol. The molecule has 3 rings (SSSR count). The molecule has 2 N–H and O–H groups in total. The van der Waals surface area contributed by atoms with Gasteiger partial charge >= 0.3 is 0 Å². The molecule has 25 heavy (non-hydrogen) atoms. The van der Waals surface area contributed by atoms with Crippen molar-refractivity contribution >= 4 is 67.6 Å². The number of nitrogens with one attached hydrogen (secondary N) is 2. The highest BCUT2D eigenvalue weighted by Gasteiger charge is 2.09. The van der Waals surface area contributed by atoms with Crippen molar-refractivity contribution in [3.8, 4) is 0 Å². The largest absolute Gasteiger partial charge is 0.273 e. The minimum atomic E-state index is -0.0875. The van der Waals surface area contributed by atoms with Crippen molar-refractivity contribution in [2.75, 3.05) is 11.2 Å². The number of hydrogen-bond acceptors (Lipinski definition) is 5. The van der Waals surface area contributed by atoms with E-state index in [4.69, 9.17) is 23.2 Å². The van der Waals surface area contributed by atoms with Gasteiger partial charge in [0, 0.05) is 27.1 Å². The lowest BCUT2D eigenvalue weighted by atomic mass is 10.2. The van der Waals surface area contributed by atoms with Gasteiger partial charge in [0.05, 0.1) is 10.2 Å². The van der Waals surface area contributed by atoms with Crippen molar-refractivity contribution < 1.29 is 4.79 Å². The Bertz CT molecular complexity index is 897. The van der Waals surface area contributed by atoms with Crippen LogP contribution in [0.15, 0.2) is 41.3 Å². The molecule has 1 amide bonds. The van der Waals surface area contributed by atoms with Gasteiger partial charge in [-0.3, -0.25) is 15.6 Å². The Kier molecular flexibility index (Phi) is 6.06. The second kappa shape index (κ2) is 8.27. The number of amides is 1. The van der Waals surface area contributed by atoms with E-state index in [-0.39, 0.29) is 5.91 Å². The summed E-state index contributed by atoms with van der Waals surface area (Å²) in [6, 6.07) is 11.3. The van der Waals surface area contributed by atoms with E-state index in [9.17, 15) is 4.79 Å². The molecule has 0 aliphatic rings. The third-order valence-electron chi connectivity index (χ3n) is 3.47. The number of anilines is 1. The molecule has 0 saturated heterocycles. The van der Waals surface area contributed by atoms with Gasteiger partial charge in [0.25, 0.3) is 0 Å². The average Bonchev–Trinajstić information content (AvgIpc) is 3.02. The number of rotatable bonds is 6. The number of benzene rings is 2. The van der Waals surface area contributed by atoms with E-state index in [2.05, 4.69) is 15.8 Å². The molecule has 0 bridgehead atoms. The Hall–Kier alpha value is -1.47. The van der Waals surface area contributed by atoms with Crippen molar-refractivity contribution in [1.82, 2.24) is 10.4 Å². The molecule has 1 aromatic heterocycles. The fourth-order valence-corrected chi connectivity index (χ4v) is 4.14. The first-order valence-electron chi connectivity index (χ1n) is 7.52. The number of carbonyl (C=O) groups excluding carboxylic acids is 1. The molecule has 8 heteroatoms. The van der Waals surface area contributed by atoms with Crippen LogP contribution in [0.25, 0.3) is 10.2 Å². The molecule has 0 aliphatic carbocycles. The smallest absolute Gasteiger partial charge is 0.239 e. The van der Waals surface area contributed by atoms with Crippen LogP contribution in [-0.2, 0) is 4.79 Å². The molecule has 0 aliphatic heterocycles. The third-order valence-corrected chi connectivity index (χ3v) is 6.08. The Morgan fingerprint density at radius 2 is 1.96 bits per heavy atom. The van der Waals surface area contributed by atoms with E-state index >= 15 is 0 Å². The number of aryl methyl sites for hydroxylation is 1. The van der Waals surface area contributed by atoms with Crippen LogP contribution in [0.2, 0.25) is 10.0 Å². The number of thiazole rings is 1. The maximum absolute atomic E-state index is 11.9. The van der Waals surface area contributed by atoms with E-state index in [0.717, 1.165) is 20.7 Å². The van der Waals surface area contributed by atoms with Gasteiger partial charge in [-0.15, -0.1) is 11.8 Å². The summed E-state index contributed by atoms with van der Waals surface area (Å²) in [4.78, 5) is 17.5. The lowest BCUT2D eigenvalue weighted by Crippen LogP contribution is -2.29. The van der Waals surface area contributed by atoms with Gasteiger partial charge in [-0.05, 0) is 48.9 Å². The minimum Gasteiger partial charge on any atom is -0.273 e. The number of halogens is 2. The fraction of sp³-hybridized carbons (Fsp3) is 0.176. The number of hydrogen-bond donors (Lipinski definition) is 2. The zero-order valence-corrected chi connectivity index (χ0v) is 16.5. The molecule has 1 heterocycles. The van der Waals surface area contributed by atoms with Crippen LogP contribution in [0.5, 0.6) is 0 Å². The van der Waals surface area contributed by atoms with Gasteiger partial charge < -0.3 is 0 Å². The first-order chi connectivity index (χ1) is 12.0. The summed E-state index contributed by atoms with van der Waals surface area (Å²) in [7, 11) is 0. The Balaban J connectivity index is 1.49. The highest BCUT2D eigenvalue weighted by atomic mass is 35.5. The second-order valence-electron chi connectivity index (χ2n) is 5.26. The van der Waals surface area contributed by atoms with Gasteiger partial charge in [-0.25, -0.2) is 4.98 Å². The van der Waals surface area contributed by atoms with Crippen LogP contribution in [0.4, 0.5) is 5.13 Å². The first kappa shape index (κ1) is 18.3. The van der Waals surface area contributed by atoms with Crippen LogP contribution in [-0.4, -0.2) is 16.6 Å². The molecule has 0 radical (unpaired) electrons. The quantitative estimate of drug-likeness (QED) is 0.413. The highest BCUT2D eigenvalue weighted by molar-refractivity contribution is 7.99. The van der Waals surface area contributed by atoms with E-state index < -0.39 is 0 Å². The molecule has 0 atom stereocenters. The maximum atomic E-state index is 11.9. The highest BCUT2D eigenvalue weighted by Crippen LogP contribution is 2.31. The fourth-order valence-electron chi connectivity index (χ4n) is 2.13. The molecular weight excluding hydrogens is 397 g/mol. The number of nitrogens with zero attached hydrogens (tertiary/aromatic N) is 1. The van der Waals surface area contributed by atoms with Gasteiger partial charge in [0.1, 0.15) is 0 Å². The van der Waals surface area contributed by atoms with Crippen molar-refractivity contribution in [2.24, 2.45) is 0 Å². The van der Waals surface area contributed by atoms with Crippen LogP contribution in [0, 0.1) is 6.92 Å². The zero-order chi connectivity index (χ0) is 17.8. The van der Waals surface area contributed by atoms with Crippen LogP contribution in [0.1, 0.15) is 12.0 Å². The van der Waals surface area contributed by atoms with Crippen LogP contribution < -0.4 is 10.9 Å². The number of fused-ring (bicyclic) bond motifs is 1. The van der Waals surface area contributed by atoms with Crippen molar-refractivity contribution in [2.45, 2.75) is 18.2 Å². The van der Waals surface area contributed by atoms with E-state index in [1.807, 2.05) is 43.3 Å². The maximum Gasteiger partial charge on any atom is 0.239 e. The first-order valence-corrected chi connectivity index (χ1v) is 10.1. The van der Waals surface area contributed by atoms with Gasteiger partial charge in [-0.2, -0.15) is 0 Å². The molecule has 0 saturated carbocycles. The van der Waals surface area contributed by atoms with Gasteiger partial charge in [0.15, 0.2) is 0 Å². The van der Waals surface area contributed by atoms with Crippen molar-refractivity contribution in [1.29, 1.82) is 0 Å². The topological polar surface area (TPSA) is 54.0 Å². The van der Waals surface area contributed by atoms with E-state index in [0.29, 0.717) is 27.4 Å². The van der Waals surface area contributed by atoms with Crippen molar-refractivity contribution in [3.05, 3.63) is 52.0 Å². The van der Waals surface area contributed by atoms with Crippen molar-refractivity contribution in [3.63, 3.8) is 0 Å². The summed E-state index contributed by atoms with van der Waals surface area (Å²) in [6.07, 6.45) is 0.399. The molecule has 0 fully saturated rings. The van der Waals surface area contributed by atoms with Gasteiger partial charge in [-0.1, -0.05) is 34.5 Å². The number of aromatic nitrogens is 1. The minimum absolute atomic E-state index is 0.0875. The van der Waals surface area contributed by atoms with E-state index in [1.165, 1.54) is 11.3 Å². The molecular formula is C17H15Cl2N3OS2. The third kappa shape index (κ3) is 4.79. The predicted octanol–water partition coefficient (Wildman–Crippen LogP) is 5.54. The van der Waals surface area contributed by atoms with E-state index in [1.54, 1.807) is 11.8 Å². The lowest BCUT2D eigenvalue weighted by Gasteiger charge is -2.05. The molecule has 130 valence electrons. The summed E-state index contributed by atoms with van der Waals surface area (Å²) < 4.78 is 1.02. The normalized spacial score (nSPS) is 10.8. The van der Waals surface area contributed by atoms with Crippen LogP contribution in [0.3, 0.4) is 0 Å². The zero-order valence-electron chi connectivity index (χ0n) is 13.3. The molecule has 4 nitrogen and oxygen atoms in total.